The van der Waals surface area contributed by atoms with Gasteiger partial charge in [-0.3, -0.25) is 4.79 Å². The second-order valence-corrected chi connectivity index (χ2v) is 7.93. The number of ether oxygens (including phenoxy) is 1. The van der Waals surface area contributed by atoms with Gasteiger partial charge in [0.2, 0.25) is 0 Å². The third kappa shape index (κ3) is 3.14. The van der Waals surface area contributed by atoms with Crippen molar-refractivity contribution in [3.8, 4) is 5.69 Å². The first-order valence-electron chi connectivity index (χ1n) is 9.82. The van der Waals surface area contributed by atoms with E-state index in [4.69, 9.17) is 20.9 Å². The Labute approximate surface area is 173 Å². The molecule has 8 heteroatoms. The number of nitrogens with one attached hydrogen (secondary N) is 1. The van der Waals surface area contributed by atoms with Crippen LogP contribution in [0.3, 0.4) is 0 Å². The first-order chi connectivity index (χ1) is 14.1. The van der Waals surface area contributed by atoms with Gasteiger partial charge in [0.1, 0.15) is 5.76 Å². The molecule has 3 aromatic rings. The standard InChI is InChI=1S/C21H21ClN4O3/c1-12-5-4-7-16(19(12)22)26-17-11-28-10-15(14(17)9-23-26)24-21(27)20-13-6-2-3-8-18(13)29-25-20/h4-5,7,9,15H,2-3,6,8,10-11H2,1H3,(H,24,27)/t15-/m1/s1. The van der Waals surface area contributed by atoms with E-state index in [0.717, 1.165) is 59.5 Å². The molecule has 2 aromatic heterocycles. The maximum Gasteiger partial charge on any atom is 0.274 e. The fourth-order valence-corrected chi connectivity index (χ4v) is 4.30. The zero-order valence-corrected chi connectivity index (χ0v) is 16.8. The fraction of sp³-hybridized carbons (Fsp3) is 0.381. The average molecular weight is 413 g/mol. The average Bonchev–Trinajstić information content (AvgIpc) is 3.35. The molecule has 0 saturated carbocycles. The van der Waals surface area contributed by atoms with Gasteiger partial charge in [0, 0.05) is 17.5 Å². The van der Waals surface area contributed by atoms with Gasteiger partial charge < -0.3 is 14.6 Å². The van der Waals surface area contributed by atoms with Crippen molar-refractivity contribution in [1.82, 2.24) is 20.3 Å². The molecule has 0 unspecified atom stereocenters. The van der Waals surface area contributed by atoms with E-state index in [-0.39, 0.29) is 11.9 Å². The Hall–Kier alpha value is -2.64. The third-order valence-corrected chi connectivity index (χ3v) is 6.16. The minimum absolute atomic E-state index is 0.236. The zero-order chi connectivity index (χ0) is 20.0. The van der Waals surface area contributed by atoms with E-state index >= 15 is 0 Å². The van der Waals surface area contributed by atoms with Gasteiger partial charge in [0.25, 0.3) is 5.91 Å². The summed E-state index contributed by atoms with van der Waals surface area (Å²) in [7, 11) is 0. The summed E-state index contributed by atoms with van der Waals surface area (Å²) < 4.78 is 12.9. The molecule has 1 aliphatic heterocycles. The Morgan fingerprint density at radius 1 is 1.31 bits per heavy atom. The molecule has 1 aliphatic carbocycles. The van der Waals surface area contributed by atoms with E-state index in [0.29, 0.717) is 23.9 Å². The molecule has 1 N–H and O–H groups in total. The minimum atomic E-state index is -0.306. The summed E-state index contributed by atoms with van der Waals surface area (Å²) in [6.45, 7) is 2.75. The van der Waals surface area contributed by atoms with Crippen molar-refractivity contribution in [2.45, 2.75) is 45.3 Å². The first kappa shape index (κ1) is 18.4. The summed E-state index contributed by atoms with van der Waals surface area (Å²) in [5.41, 5.74) is 4.92. The highest BCUT2D eigenvalue weighted by Gasteiger charge is 2.30. The van der Waals surface area contributed by atoms with E-state index in [2.05, 4.69) is 15.6 Å². The number of benzene rings is 1. The highest BCUT2D eigenvalue weighted by molar-refractivity contribution is 6.33. The van der Waals surface area contributed by atoms with Crippen molar-refractivity contribution in [3.05, 3.63) is 63.3 Å². The van der Waals surface area contributed by atoms with Crippen molar-refractivity contribution in [2.24, 2.45) is 0 Å². The van der Waals surface area contributed by atoms with Crippen LogP contribution in [0.5, 0.6) is 0 Å². The van der Waals surface area contributed by atoms with Crippen LogP contribution in [0.15, 0.2) is 28.9 Å². The quantitative estimate of drug-likeness (QED) is 0.709. The van der Waals surface area contributed by atoms with Gasteiger partial charge in [-0.05, 0) is 37.8 Å². The van der Waals surface area contributed by atoms with Crippen LogP contribution >= 0.6 is 11.6 Å². The fourth-order valence-electron chi connectivity index (χ4n) is 4.10. The van der Waals surface area contributed by atoms with Gasteiger partial charge in [-0.2, -0.15) is 5.10 Å². The lowest BCUT2D eigenvalue weighted by Gasteiger charge is -2.24. The lowest BCUT2D eigenvalue weighted by atomic mass is 9.96. The number of carbonyl (C=O) groups is 1. The molecule has 0 radical (unpaired) electrons. The number of carbonyl (C=O) groups excluding carboxylic acids is 1. The van der Waals surface area contributed by atoms with Crippen LogP contribution in [0, 0.1) is 6.92 Å². The molecule has 7 nitrogen and oxygen atoms in total. The lowest BCUT2D eigenvalue weighted by Crippen LogP contribution is -2.35. The van der Waals surface area contributed by atoms with Crippen LogP contribution in [-0.2, 0) is 24.2 Å². The molecule has 1 aromatic carbocycles. The van der Waals surface area contributed by atoms with E-state index in [1.54, 1.807) is 10.9 Å². The Balaban J connectivity index is 1.43. The van der Waals surface area contributed by atoms with Crippen LogP contribution in [0.25, 0.3) is 5.69 Å². The molecule has 0 fully saturated rings. The monoisotopic (exact) mass is 412 g/mol. The number of hydrogen-bond acceptors (Lipinski definition) is 5. The molecule has 0 spiro atoms. The number of fused-ring (bicyclic) bond motifs is 2. The van der Waals surface area contributed by atoms with Crippen LogP contribution in [0.2, 0.25) is 5.02 Å². The minimum Gasteiger partial charge on any atom is -0.373 e. The molecule has 2 aliphatic rings. The Morgan fingerprint density at radius 2 is 2.17 bits per heavy atom. The number of rotatable bonds is 3. The van der Waals surface area contributed by atoms with Crippen molar-refractivity contribution in [2.75, 3.05) is 6.61 Å². The lowest BCUT2D eigenvalue weighted by molar-refractivity contribution is 0.0682. The summed E-state index contributed by atoms with van der Waals surface area (Å²) in [5.74, 6) is 0.601. The van der Waals surface area contributed by atoms with Crippen LogP contribution in [0.1, 0.15) is 57.5 Å². The molecule has 0 bridgehead atoms. The predicted molar refractivity (Wildman–Crippen MR) is 106 cm³/mol. The predicted octanol–water partition coefficient (Wildman–Crippen LogP) is 3.70. The number of amides is 1. The van der Waals surface area contributed by atoms with E-state index in [9.17, 15) is 4.79 Å². The van der Waals surface area contributed by atoms with E-state index in [1.165, 1.54) is 0 Å². The SMILES string of the molecule is Cc1cccc(-n2ncc3c2COC[C@H]3NC(=O)c2noc3c2CCCC3)c1Cl. The number of aryl methyl sites for hydroxylation is 2. The molecule has 1 atom stereocenters. The van der Waals surface area contributed by atoms with Gasteiger partial charge in [-0.1, -0.05) is 28.9 Å². The smallest absolute Gasteiger partial charge is 0.274 e. The number of nitrogens with zero attached hydrogens (tertiary/aromatic N) is 3. The van der Waals surface area contributed by atoms with Crippen molar-refractivity contribution < 1.29 is 14.1 Å². The molecular formula is C21H21ClN4O3. The van der Waals surface area contributed by atoms with Gasteiger partial charge in [0.05, 0.1) is 41.9 Å². The van der Waals surface area contributed by atoms with Crippen molar-refractivity contribution >= 4 is 17.5 Å². The van der Waals surface area contributed by atoms with Crippen LogP contribution in [0.4, 0.5) is 0 Å². The van der Waals surface area contributed by atoms with Gasteiger partial charge in [-0.25, -0.2) is 4.68 Å². The first-order valence-corrected chi connectivity index (χ1v) is 10.2. The van der Waals surface area contributed by atoms with Crippen molar-refractivity contribution in [1.29, 1.82) is 0 Å². The molecule has 0 saturated heterocycles. The summed E-state index contributed by atoms with van der Waals surface area (Å²) >= 11 is 6.49. The normalized spacial score (nSPS) is 18.2. The number of aromatic nitrogens is 3. The Morgan fingerprint density at radius 3 is 3.07 bits per heavy atom. The molecule has 29 heavy (non-hydrogen) atoms. The Bertz CT molecular complexity index is 1090. The van der Waals surface area contributed by atoms with Crippen LogP contribution < -0.4 is 5.32 Å². The highest BCUT2D eigenvalue weighted by atomic mass is 35.5. The maximum absolute atomic E-state index is 12.9. The highest BCUT2D eigenvalue weighted by Crippen LogP contribution is 2.31. The third-order valence-electron chi connectivity index (χ3n) is 5.67. The second-order valence-electron chi connectivity index (χ2n) is 7.55. The second kappa shape index (κ2) is 7.31. The molecule has 1 amide bonds. The molecular weight excluding hydrogens is 392 g/mol. The maximum atomic E-state index is 12.9. The van der Waals surface area contributed by atoms with Crippen LogP contribution in [-0.4, -0.2) is 27.5 Å². The summed E-state index contributed by atoms with van der Waals surface area (Å²) in [6.07, 6.45) is 5.58. The molecule has 5 rings (SSSR count). The number of halogens is 1. The zero-order valence-electron chi connectivity index (χ0n) is 16.1. The van der Waals surface area contributed by atoms with Gasteiger partial charge in [0.15, 0.2) is 5.69 Å². The molecule has 150 valence electrons. The van der Waals surface area contributed by atoms with Gasteiger partial charge >= 0.3 is 0 Å². The summed E-state index contributed by atoms with van der Waals surface area (Å²) in [4.78, 5) is 12.9. The summed E-state index contributed by atoms with van der Waals surface area (Å²) in [6, 6.07) is 5.52. The topological polar surface area (TPSA) is 82.2 Å². The Kier molecular flexibility index (Phi) is 4.64. The largest absolute Gasteiger partial charge is 0.373 e. The summed E-state index contributed by atoms with van der Waals surface area (Å²) in [5, 5.41) is 12.3. The van der Waals surface area contributed by atoms with E-state index in [1.807, 2.05) is 25.1 Å². The number of hydrogen-bond donors (Lipinski definition) is 1. The van der Waals surface area contributed by atoms with Gasteiger partial charge in [-0.15, -0.1) is 0 Å². The van der Waals surface area contributed by atoms with E-state index < -0.39 is 0 Å². The molecule has 3 heterocycles. The van der Waals surface area contributed by atoms with Crippen molar-refractivity contribution in [3.63, 3.8) is 0 Å².